The monoisotopic (exact) mass is 319 g/mol. The molecular formula is C14H25NO5S. The fourth-order valence-corrected chi connectivity index (χ4v) is 5.90. The van der Waals surface area contributed by atoms with Crippen LogP contribution in [0, 0.1) is 5.92 Å². The lowest BCUT2D eigenvalue weighted by Gasteiger charge is -2.42. The van der Waals surface area contributed by atoms with Crippen molar-refractivity contribution in [1.29, 1.82) is 0 Å². The minimum Gasteiger partial charge on any atom is -0.469 e. The van der Waals surface area contributed by atoms with E-state index in [1.807, 2.05) is 20.8 Å². The Morgan fingerprint density at radius 2 is 2.00 bits per heavy atom. The summed E-state index contributed by atoms with van der Waals surface area (Å²) < 4.78 is 37.8. The Morgan fingerprint density at radius 1 is 1.33 bits per heavy atom. The normalized spacial score (nSPS) is 33.8. The number of nitrogens with zero attached hydrogens (tertiary/aromatic N) is 1. The van der Waals surface area contributed by atoms with Crippen LogP contribution in [0.2, 0.25) is 0 Å². The van der Waals surface area contributed by atoms with Crippen LogP contribution >= 0.6 is 0 Å². The minimum absolute atomic E-state index is 0.151. The molecule has 2 rings (SSSR count). The highest BCUT2D eigenvalue weighted by molar-refractivity contribution is 7.89. The van der Waals surface area contributed by atoms with Gasteiger partial charge in [-0.3, -0.25) is 4.79 Å². The Labute approximate surface area is 126 Å². The summed E-state index contributed by atoms with van der Waals surface area (Å²) in [6.45, 7) is 6.31. The molecule has 1 saturated heterocycles. The van der Waals surface area contributed by atoms with Gasteiger partial charge in [0.2, 0.25) is 10.0 Å². The molecule has 1 aliphatic carbocycles. The summed E-state index contributed by atoms with van der Waals surface area (Å²) in [5.74, 6) is -0.956. The number of hydrogen-bond donors (Lipinski definition) is 0. The average Bonchev–Trinajstić information content (AvgIpc) is 2.85. The SMILES string of the molecule is COC(=O)C1CCCC1S(=O)(=O)N1CC(C)OC(C)(C)C1. The first-order chi connectivity index (χ1) is 9.67. The van der Waals surface area contributed by atoms with Gasteiger partial charge >= 0.3 is 5.97 Å². The first kappa shape index (κ1) is 16.7. The topological polar surface area (TPSA) is 72.9 Å². The summed E-state index contributed by atoms with van der Waals surface area (Å²) in [5, 5.41) is -0.661. The van der Waals surface area contributed by atoms with E-state index in [1.165, 1.54) is 11.4 Å². The molecule has 0 N–H and O–H groups in total. The predicted octanol–water partition coefficient (Wildman–Crippen LogP) is 1.16. The van der Waals surface area contributed by atoms with Gasteiger partial charge in [0, 0.05) is 13.1 Å². The third-order valence-electron chi connectivity index (χ3n) is 4.24. The van der Waals surface area contributed by atoms with E-state index in [0.29, 0.717) is 25.9 Å². The van der Waals surface area contributed by atoms with E-state index in [0.717, 1.165) is 6.42 Å². The second-order valence-electron chi connectivity index (χ2n) is 6.62. The number of sulfonamides is 1. The number of hydrogen-bond acceptors (Lipinski definition) is 5. The van der Waals surface area contributed by atoms with Gasteiger partial charge in [-0.05, 0) is 33.6 Å². The fourth-order valence-electron chi connectivity index (χ4n) is 3.48. The molecule has 0 amide bonds. The Hall–Kier alpha value is -0.660. The van der Waals surface area contributed by atoms with Crippen molar-refractivity contribution in [1.82, 2.24) is 4.31 Å². The highest BCUT2D eigenvalue weighted by atomic mass is 32.2. The summed E-state index contributed by atoms with van der Waals surface area (Å²) in [6, 6.07) is 0. The Kier molecular flexibility index (Phi) is 4.66. The lowest BCUT2D eigenvalue weighted by atomic mass is 10.1. The van der Waals surface area contributed by atoms with Crippen LogP contribution in [-0.2, 0) is 24.3 Å². The molecule has 0 bridgehead atoms. The smallest absolute Gasteiger partial charge is 0.310 e. The zero-order valence-electron chi connectivity index (χ0n) is 13.2. The molecule has 1 heterocycles. The molecule has 21 heavy (non-hydrogen) atoms. The molecule has 122 valence electrons. The van der Waals surface area contributed by atoms with Gasteiger partial charge in [-0.25, -0.2) is 8.42 Å². The first-order valence-corrected chi connectivity index (χ1v) is 8.92. The maximum absolute atomic E-state index is 12.9. The van der Waals surface area contributed by atoms with Crippen LogP contribution in [0.3, 0.4) is 0 Å². The molecule has 6 nitrogen and oxygen atoms in total. The third kappa shape index (κ3) is 3.40. The largest absolute Gasteiger partial charge is 0.469 e. The first-order valence-electron chi connectivity index (χ1n) is 7.42. The number of esters is 1. The van der Waals surface area contributed by atoms with Gasteiger partial charge in [0.1, 0.15) is 0 Å². The van der Waals surface area contributed by atoms with E-state index in [-0.39, 0.29) is 6.10 Å². The molecule has 0 aromatic carbocycles. The maximum Gasteiger partial charge on any atom is 0.310 e. The van der Waals surface area contributed by atoms with Crippen molar-refractivity contribution >= 4 is 16.0 Å². The summed E-state index contributed by atoms with van der Waals surface area (Å²) in [5.41, 5.74) is -0.510. The van der Waals surface area contributed by atoms with Gasteiger partial charge in [-0.2, -0.15) is 4.31 Å². The highest BCUT2D eigenvalue weighted by Gasteiger charge is 2.47. The van der Waals surface area contributed by atoms with Gasteiger partial charge in [-0.15, -0.1) is 0 Å². The van der Waals surface area contributed by atoms with Gasteiger partial charge in [0.05, 0.1) is 30.0 Å². The second-order valence-corrected chi connectivity index (χ2v) is 8.78. The van der Waals surface area contributed by atoms with Crippen molar-refractivity contribution < 1.29 is 22.7 Å². The minimum atomic E-state index is -3.52. The van der Waals surface area contributed by atoms with E-state index in [1.54, 1.807) is 0 Å². The third-order valence-corrected chi connectivity index (χ3v) is 6.56. The second kappa shape index (κ2) is 5.85. The molecule has 2 aliphatic rings. The molecule has 7 heteroatoms. The molecule has 0 aromatic rings. The molecule has 0 radical (unpaired) electrons. The quantitative estimate of drug-likeness (QED) is 0.730. The molecule has 3 unspecified atom stereocenters. The summed E-state index contributed by atoms with van der Waals surface area (Å²) in [7, 11) is -2.21. The van der Waals surface area contributed by atoms with Crippen LogP contribution in [0.25, 0.3) is 0 Å². The highest BCUT2D eigenvalue weighted by Crippen LogP contribution is 2.35. The predicted molar refractivity (Wildman–Crippen MR) is 78.3 cm³/mol. The Morgan fingerprint density at radius 3 is 2.57 bits per heavy atom. The number of morpholine rings is 1. The van der Waals surface area contributed by atoms with Crippen molar-refractivity contribution in [3.05, 3.63) is 0 Å². The zero-order valence-corrected chi connectivity index (χ0v) is 14.0. The number of methoxy groups -OCH3 is 1. The van der Waals surface area contributed by atoms with Crippen LogP contribution < -0.4 is 0 Å². The Bertz CT molecular complexity index is 501. The summed E-state index contributed by atoms with van der Waals surface area (Å²) >= 11 is 0. The lowest BCUT2D eigenvalue weighted by molar-refractivity contribution is -0.145. The van der Waals surface area contributed by atoms with Crippen molar-refractivity contribution in [3.8, 4) is 0 Å². The van der Waals surface area contributed by atoms with E-state index >= 15 is 0 Å². The molecule has 0 spiro atoms. The number of ether oxygens (including phenoxy) is 2. The van der Waals surface area contributed by atoms with Crippen molar-refractivity contribution in [2.75, 3.05) is 20.2 Å². The zero-order chi connectivity index (χ0) is 15.8. The number of carbonyl (C=O) groups is 1. The average molecular weight is 319 g/mol. The van der Waals surface area contributed by atoms with E-state index in [9.17, 15) is 13.2 Å². The van der Waals surface area contributed by atoms with Crippen molar-refractivity contribution in [2.24, 2.45) is 5.92 Å². The standard InChI is InChI=1S/C14H25NO5S/c1-10-8-15(9-14(2,3)20-10)21(17,18)12-7-5-6-11(12)13(16)19-4/h10-12H,5-9H2,1-4H3. The Balaban J connectivity index is 2.23. The van der Waals surface area contributed by atoms with Gasteiger partial charge in [0.25, 0.3) is 0 Å². The molecule has 1 saturated carbocycles. The van der Waals surface area contributed by atoms with Crippen LogP contribution in [0.15, 0.2) is 0 Å². The van der Waals surface area contributed by atoms with Crippen molar-refractivity contribution in [2.45, 2.75) is 57.0 Å². The van der Waals surface area contributed by atoms with E-state index < -0.39 is 32.8 Å². The summed E-state index contributed by atoms with van der Waals surface area (Å²) in [4.78, 5) is 11.8. The number of carbonyl (C=O) groups excluding carboxylic acids is 1. The molecule has 0 aromatic heterocycles. The van der Waals surface area contributed by atoms with Gasteiger partial charge < -0.3 is 9.47 Å². The van der Waals surface area contributed by atoms with Crippen LogP contribution in [0.1, 0.15) is 40.0 Å². The number of rotatable bonds is 3. The molecule has 3 atom stereocenters. The van der Waals surface area contributed by atoms with Crippen LogP contribution in [-0.4, -0.2) is 55.8 Å². The van der Waals surface area contributed by atoms with E-state index in [4.69, 9.17) is 9.47 Å². The molecule has 2 fully saturated rings. The molecule has 1 aliphatic heterocycles. The maximum atomic E-state index is 12.9. The molecular weight excluding hydrogens is 294 g/mol. The fraction of sp³-hybridized carbons (Fsp3) is 0.929. The van der Waals surface area contributed by atoms with E-state index in [2.05, 4.69) is 0 Å². The lowest BCUT2D eigenvalue weighted by Crippen LogP contribution is -2.56. The summed E-state index contributed by atoms with van der Waals surface area (Å²) in [6.07, 6.45) is 1.70. The van der Waals surface area contributed by atoms with Gasteiger partial charge in [0.15, 0.2) is 0 Å². The van der Waals surface area contributed by atoms with Gasteiger partial charge in [-0.1, -0.05) is 6.42 Å². The van der Waals surface area contributed by atoms with Crippen molar-refractivity contribution in [3.63, 3.8) is 0 Å². The van der Waals surface area contributed by atoms with Crippen LogP contribution in [0.5, 0.6) is 0 Å². The van der Waals surface area contributed by atoms with Crippen LogP contribution in [0.4, 0.5) is 0 Å².